The fourth-order valence-corrected chi connectivity index (χ4v) is 2.42. The van der Waals surface area contributed by atoms with Gasteiger partial charge in [0.2, 0.25) is 0 Å². The van der Waals surface area contributed by atoms with Crippen LogP contribution in [0.2, 0.25) is 0 Å². The molecule has 21 heavy (non-hydrogen) atoms. The van der Waals surface area contributed by atoms with Crippen LogP contribution in [0.3, 0.4) is 0 Å². The van der Waals surface area contributed by atoms with Crippen LogP contribution in [0, 0.1) is 6.92 Å². The molecule has 1 atom stereocenters. The Balaban J connectivity index is 2.13. The van der Waals surface area contributed by atoms with Crippen molar-refractivity contribution < 1.29 is 4.74 Å². The zero-order chi connectivity index (χ0) is 15.1. The largest absolute Gasteiger partial charge is 0.497 e. The van der Waals surface area contributed by atoms with Gasteiger partial charge in [0.25, 0.3) is 0 Å². The van der Waals surface area contributed by atoms with E-state index >= 15 is 0 Å². The fraction of sp³-hybridized carbons (Fsp3) is 0.368. The summed E-state index contributed by atoms with van der Waals surface area (Å²) in [7, 11) is 1.70. The van der Waals surface area contributed by atoms with E-state index in [4.69, 9.17) is 4.74 Å². The number of rotatable bonds is 7. The Labute approximate surface area is 128 Å². The van der Waals surface area contributed by atoms with Crippen molar-refractivity contribution in [2.24, 2.45) is 0 Å². The Morgan fingerprint density at radius 3 is 2.24 bits per heavy atom. The third-order valence-electron chi connectivity index (χ3n) is 3.72. The normalized spacial score (nSPS) is 12.1. The fourth-order valence-electron chi connectivity index (χ4n) is 2.42. The van der Waals surface area contributed by atoms with E-state index in [1.165, 1.54) is 16.7 Å². The number of methoxy groups -OCH3 is 1. The van der Waals surface area contributed by atoms with Gasteiger partial charge >= 0.3 is 0 Å². The number of hydrogen-bond acceptors (Lipinski definition) is 2. The zero-order valence-electron chi connectivity index (χ0n) is 13.2. The number of hydrogen-bond donors (Lipinski definition) is 1. The zero-order valence-corrected chi connectivity index (χ0v) is 13.2. The summed E-state index contributed by atoms with van der Waals surface area (Å²) in [5.74, 6) is 0.909. The van der Waals surface area contributed by atoms with Crippen molar-refractivity contribution in [3.8, 4) is 5.75 Å². The molecule has 0 heterocycles. The van der Waals surface area contributed by atoms with Gasteiger partial charge in [-0.1, -0.05) is 48.9 Å². The number of nitrogens with one attached hydrogen (secondary N) is 1. The number of aryl methyl sites for hydroxylation is 1. The first-order valence-corrected chi connectivity index (χ1v) is 7.65. The first-order chi connectivity index (χ1) is 10.2. The maximum absolute atomic E-state index is 5.22. The van der Waals surface area contributed by atoms with Crippen LogP contribution in [-0.4, -0.2) is 13.7 Å². The maximum Gasteiger partial charge on any atom is 0.118 e. The molecule has 0 amide bonds. The van der Waals surface area contributed by atoms with E-state index in [1.54, 1.807) is 7.11 Å². The Morgan fingerprint density at radius 2 is 1.67 bits per heavy atom. The summed E-state index contributed by atoms with van der Waals surface area (Å²) in [5, 5.41) is 3.65. The smallest absolute Gasteiger partial charge is 0.118 e. The lowest BCUT2D eigenvalue weighted by Gasteiger charge is -2.19. The molecule has 0 aliphatic rings. The van der Waals surface area contributed by atoms with Crippen molar-refractivity contribution in [2.75, 3.05) is 13.7 Å². The highest BCUT2D eigenvalue weighted by Gasteiger charge is 2.11. The van der Waals surface area contributed by atoms with Crippen LogP contribution < -0.4 is 10.1 Å². The minimum atomic E-state index is 0.360. The Kier molecular flexibility index (Phi) is 5.82. The molecular weight excluding hydrogens is 258 g/mol. The van der Waals surface area contributed by atoms with Crippen molar-refractivity contribution in [3.63, 3.8) is 0 Å². The van der Waals surface area contributed by atoms with E-state index in [0.29, 0.717) is 6.04 Å². The second kappa shape index (κ2) is 7.84. The number of benzene rings is 2. The van der Waals surface area contributed by atoms with Crippen LogP contribution in [0.25, 0.3) is 0 Å². The molecular formula is C19H25NO. The van der Waals surface area contributed by atoms with Crippen molar-refractivity contribution >= 4 is 0 Å². The van der Waals surface area contributed by atoms with Crippen LogP contribution in [-0.2, 0) is 6.42 Å². The SMILES string of the molecule is CCCNC(Cc1ccc(OC)cc1)c1ccc(C)cc1. The molecule has 0 saturated heterocycles. The minimum Gasteiger partial charge on any atom is -0.497 e. The van der Waals surface area contributed by atoms with Crippen LogP contribution in [0.5, 0.6) is 5.75 Å². The molecule has 0 aliphatic carbocycles. The highest BCUT2D eigenvalue weighted by molar-refractivity contribution is 5.30. The molecule has 2 heteroatoms. The average molecular weight is 283 g/mol. The van der Waals surface area contributed by atoms with Gasteiger partial charge in [0.15, 0.2) is 0 Å². The molecule has 1 N–H and O–H groups in total. The molecule has 2 aromatic carbocycles. The van der Waals surface area contributed by atoms with E-state index < -0.39 is 0 Å². The van der Waals surface area contributed by atoms with E-state index in [2.05, 4.69) is 55.6 Å². The predicted octanol–water partition coefficient (Wildman–Crippen LogP) is 4.29. The third kappa shape index (κ3) is 4.61. The third-order valence-corrected chi connectivity index (χ3v) is 3.72. The summed E-state index contributed by atoms with van der Waals surface area (Å²) < 4.78 is 5.22. The molecule has 2 aromatic rings. The molecule has 2 nitrogen and oxygen atoms in total. The molecule has 1 unspecified atom stereocenters. The average Bonchev–Trinajstić information content (AvgIpc) is 2.53. The van der Waals surface area contributed by atoms with Crippen LogP contribution >= 0.6 is 0 Å². The Bertz CT molecular complexity index is 530. The second-order valence-corrected chi connectivity index (χ2v) is 5.47. The quantitative estimate of drug-likeness (QED) is 0.818. The summed E-state index contributed by atoms with van der Waals surface area (Å²) in [6.45, 7) is 5.36. The van der Waals surface area contributed by atoms with Gasteiger partial charge < -0.3 is 10.1 Å². The summed E-state index contributed by atoms with van der Waals surface area (Å²) in [4.78, 5) is 0. The molecule has 2 rings (SSSR count). The summed E-state index contributed by atoms with van der Waals surface area (Å²) >= 11 is 0. The van der Waals surface area contributed by atoms with Gasteiger partial charge in [-0.2, -0.15) is 0 Å². The molecule has 0 saturated carbocycles. The van der Waals surface area contributed by atoms with E-state index in [-0.39, 0.29) is 0 Å². The molecule has 0 aliphatic heterocycles. The van der Waals surface area contributed by atoms with Crippen LogP contribution in [0.1, 0.15) is 36.1 Å². The first kappa shape index (κ1) is 15.6. The standard InChI is InChI=1S/C19H25NO/c1-4-13-20-19(17-9-5-15(2)6-10-17)14-16-7-11-18(21-3)12-8-16/h5-12,19-20H,4,13-14H2,1-3H3. The van der Waals surface area contributed by atoms with Gasteiger partial charge in [-0.3, -0.25) is 0 Å². The Hall–Kier alpha value is -1.80. The van der Waals surface area contributed by atoms with Gasteiger partial charge in [0.05, 0.1) is 7.11 Å². The lowest BCUT2D eigenvalue weighted by Crippen LogP contribution is -2.24. The molecule has 0 radical (unpaired) electrons. The predicted molar refractivity (Wildman–Crippen MR) is 88.9 cm³/mol. The molecule has 112 valence electrons. The maximum atomic E-state index is 5.22. The lowest BCUT2D eigenvalue weighted by molar-refractivity contribution is 0.414. The lowest BCUT2D eigenvalue weighted by atomic mass is 9.98. The van der Waals surface area contributed by atoms with Crippen molar-refractivity contribution in [1.82, 2.24) is 5.32 Å². The van der Waals surface area contributed by atoms with Crippen LogP contribution in [0.15, 0.2) is 48.5 Å². The van der Waals surface area contributed by atoms with E-state index in [9.17, 15) is 0 Å². The van der Waals surface area contributed by atoms with Crippen molar-refractivity contribution in [1.29, 1.82) is 0 Å². The highest BCUT2D eigenvalue weighted by Crippen LogP contribution is 2.21. The monoisotopic (exact) mass is 283 g/mol. The number of ether oxygens (including phenoxy) is 1. The molecule has 0 bridgehead atoms. The van der Waals surface area contributed by atoms with Gasteiger partial charge in [-0.15, -0.1) is 0 Å². The Morgan fingerprint density at radius 1 is 1.00 bits per heavy atom. The highest BCUT2D eigenvalue weighted by atomic mass is 16.5. The van der Waals surface area contributed by atoms with Gasteiger partial charge in [-0.05, 0) is 49.6 Å². The van der Waals surface area contributed by atoms with E-state index in [1.807, 2.05) is 12.1 Å². The summed E-state index contributed by atoms with van der Waals surface area (Å²) in [5.41, 5.74) is 3.98. The molecule has 0 aromatic heterocycles. The van der Waals surface area contributed by atoms with Gasteiger partial charge in [0, 0.05) is 6.04 Å². The van der Waals surface area contributed by atoms with Crippen LogP contribution in [0.4, 0.5) is 0 Å². The van der Waals surface area contributed by atoms with Crippen molar-refractivity contribution in [3.05, 3.63) is 65.2 Å². The van der Waals surface area contributed by atoms with Gasteiger partial charge in [0.1, 0.15) is 5.75 Å². The minimum absolute atomic E-state index is 0.360. The van der Waals surface area contributed by atoms with Gasteiger partial charge in [-0.25, -0.2) is 0 Å². The molecule has 0 fully saturated rings. The van der Waals surface area contributed by atoms with E-state index in [0.717, 1.165) is 25.1 Å². The molecule has 0 spiro atoms. The summed E-state index contributed by atoms with van der Waals surface area (Å²) in [6.07, 6.45) is 2.14. The van der Waals surface area contributed by atoms with Crippen molar-refractivity contribution in [2.45, 2.75) is 32.7 Å². The summed E-state index contributed by atoms with van der Waals surface area (Å²) in [6, 6.07) is 17.5. The topological polar surface area (TPSA) is 21.3 Å². The second-order valence-electron chi connectivity index (χ2n) is 5.47. The first-order valence-electron chi connectivity index (χ1n) is 7.65.